The molecule has 206 valence electrons. The van der Waals surface area contributed by atoms with Crippen molar-refractivity contribution in [3.05, 3.63) is 53.9 Å². The normalized spacial score (nSPS) is 19.8. The van der Waals surface area contributed by atoms with Crippen LogP contribution >= 0.6 is 0 Å². The number of amides is 3. The lowest BCUT2D eigenvalue weighted by atomic mass is 9.79. The van der Waals surface area contributed by atoms with Gasteiger partial charge in [-0.2, -0.15) is 13.2 Å². The van der Waals surface area contributed by atoms with Crippen molar-refractivity contribution in [3.8, 4) is 0 Å². The molecule has 1 aromatic carbocycles. The second-order valence-corrected chi connectivity index (χ2v) is 11.7. The summed E-state index contributed by atoms with van der Waals surface area (Å²) >= 11 is 0. The molecule has 0 spiro atoms. The number of carbonyl (C=O) groups excluding carboxylic acids is 2. The molecule has 0 radical (unpaired) electrons. The maximum absolute atomic E-state index is 13.2. The van der Waals surface area contributed by atoms with Gasteiger partial charge in [0.15, 0.2) is 0 Å². The number of benzene rings is 1. The first kappa shape index (κ1) is 27.8. The summed E-state index contributed by atoms with van der Waals surface area (Å²) in [4.78, 5) is 30.5. The van der Waals surface area contributed by atoms with Crippen LogP contribution in [0, 0.1) is 0 Å². The van der Waals surface area contributed by atoms with Gasteiger partial charge in [-0.3, -0.25) is 4.79 Å². The van der Waals surface area contributed by atoms with Gasteiger partial charge in [0.25, 0.3) is 0 Å². The van der Waals surface area contributed by atoms with Gasteiger partial charge in [0, 0.05) is 24.2 Å². The fourth-order valence-corrected chi connectivity index (χ4v) is 5.65. The maximum Gasteiger partial charge on any atom is 0.433 e. The van der Waals surface area contributed by atoms with Crippen LogP contribution in [0.3, 0.4) is 0 Å². The molecule has 4 rings (SSSR count). The Kier molecular flexibility index (Phi) is 7.98. The van der Waals surface area contributed by atoms with E-state index in [1.807, 2.05) is 24.3 Å². The summed E-state index contributed by atoms with van der Waals surface area (Å²) in [5, 5.41) is 5.01. The molecule has 0 bridgehead atoms. The van der Waals surface area contributed by atoms with Crippen LogP contribution in [0.25, 0.3) is 0 Å². The van der Waals surface area contributed by atoms with Crippen LogP contribution in [0.1, 0.15) is 49.8 Å². The quantitative estimate of drug-likeness (QED) is 0.482. The first-order valence-electron chi connectivity index (χ1n) is 12.3. The third kappa shape index (κ3) is 6.62. The Balaban J connectivity index is 1.40. The number of nitrogens with one attached hydrogen (secondary N) is 3. The predicted octanol–water partition coefficient (Wildman–Crippen LogP) is 3.78. The highest BCUT2D eigenvalue weighted by Gasteiger charge is 2.37. The highest BCUT2D eigenvalue weighted by atomic mass is 32.2. The minimum Gasteiger partial charge on any atom is -0.326 e. The third-order valence-electron chi connectivity index (χ3n) is 7.08. The first-order chi connectivity index (χ1) is 17.9. The Bertz CT molecular complexity index is 1260. The summed E-state index contributed by atoms with van der Waals surface area (Å²) in [7, 11) is -3.33. The zero-order chi connectivity index (χ0) is 27.6. The number of sulfonamides is 1. The van der Waals surface area contributed by atoms with Crippen LogP contribution in [0.4, 0.5) is 29.3 Å². The maximum atomic E-state index is 13.2. The molecular formula is C25H30F3N5O4S. The van der Waals surface area contributed by atoms with E-state index in [4.69, 9.17) is 0 Å². The zero-order valence-corrected chi connectivity index (χ0v) is 21.7. The summed E-state index contributed by atoms with van der Waals surface area (Å²) < 4.78 is 64.0. The van der Waals surface area contributed by atoms with Crippen LogP contribution in [0.5, 0.6) is 0 Å². The van der Waals surface area contributed by atoms with E-state index >= 15 is 0 Å². The fraction of sp³-hybridized carbons (Fsp3) is 0.480. The van der Waals surface area contributed by atoms with Crippen molar-refractivity contribution < 1.29 is 31.2 Å². The minimum atomic E-state index is -4.58. The van der Waals surface area contributed by atoms with Crippen molar-refractivity contribution in [2.24, 2.45) is 0 Å². The molecule has 9 nitrogen and oxygen atoms in total. The summed E-state index contributed by atoms with van der Waals surface area (Å²) in [6.07, 6.45) is 2.29. The smallest absolute Gasteiger partial charge is 0.326 e. The van der Waals surface area contributed by atoms with Gasteiger partial charge in [0.1, 0.15) is 11.7 Å². The summed E-state index contributed by atoms with van der Waals surface area (Å²) in [6, 6.07) is 7.87. The molecule has 13 heteroatoms. The number of rotatable bonds is 7. The van der Waals surface area contributed by atoms with Gasteiger partial charge in [-0.1, -0.05) is 25.0 Å². The lowest BCUT2D eigenvalue weighted by Gasteiger charge is -2.34. The van der Waals surface area contributed by atoms with Gasteiger partial charge >= 0.3 is 12.2 Å². The first-order valence-corrected chi connectivity index (χ1v) is 14.2. The molecule has 2 fully saturated rings. The number of anilines is 2. The van der Waals surface area contributed by atoms with E-state index in [0.717, 1.165) is 55.8 Å². The monoisotopic (exact) mass is 553 g/mol. The number of pyridine rings is 1. The average molecular weight is 554 g/mol. The van der Waals surface area contributed by atoms with Crippen molar-refractivity contribution in [3.63, 3.8) is 0 Å². The van der Waals surface area contributed by atoms with E-state index < -0.39 is 34.0 Å². The highest BCUT2D eigenvalue weighted by molar-refractivity contribution is 7.88. The van der Waals surface area contributed by atoms with Crippen molar-refractivity contribution in [1.82, 2.24) is 15.0 Å². The van der Waals surface area contributed by atoms with Gasteiger partial charge in [-0.15, -0.1) is 0 Å². The number of hydrogen-bond donors (Lipinski definition) is 3. The van der Waals surface area contributed by atoms with Crippen LogP contribution < -0.4 is 20.3 Å². The number of urea groups is 1. The van der Waals surface area contributed by atoms with Crippen molar-refractivity contribution in [2.45, 2.75) is 56.2 Å². The Labute approximate surface area is 219 Å². The number of alkyl halides is 3. The fourth-order valence-electron chi connectivity index (χ4n) is 5.11. The molecule has 2 aliphatic rings. The van der Waals surface area contributed by atoms with E-state index in [1.165, 1.54) is 0 Å². The van der Waals surface area contributed by atoms with Crippen LogP contribution in [0.15, 0.2) is 42.6 Å². The summed E-state index contributed by atoms with van der Waals surface area (Å²) in [6.45, 7) is 0.797. The number of nitrogens with zero attached hydrogens (tertiary/aromatic N) is 2. The molecule has 0 unspecified atom stereocenters. The predicted molar refractivity (Wildman–Crippen MR) is 136 cm³/mol. The number of aromatic nitrogens is 1. The van der Waals surface area contributed by atoms with Gasteiger partial charge in [0.05, 0.1) is 18.1 Å². The molecule has 1 saturated carbocycles. The Morgan fingerprint density at radius 3 is 2.37 bits per heavy atom. The molecule has 1 aliphatic heterocycles. The van der Waals surface area contributed by atoms with E-state index in [-0.39, 0.29) is 17.0 Å². The molecule has 1 atom stereocenters. The summed E-state index contributed by atoms with van der Waals surface area (Å²) in [5.41, 5.74) is 0.388. The van der Waals surface area contributed by atoms with Crippen molar-refractivity contribution in [1.29, 1.82) is 0 Å². The largest absolute Gasteiger partial charge is 0.433 e. The Morgan fingerprint density at radius 2 is 1.79 bits per heavy atom. The molecule has 3 amide bonds. The number of halogens is 3. The third-order valence-corrected chi connectivity index (χ3v) is 7.75. The van der Waals surface area contributed by atoms with Crippen molar-refractivity contribution >= 4 is 33.3 Å². The van der Waals surface area contributed by atoms with E-state index in [0.29, 0.717) is 31.6 Å². The molecule has 1 aliphatic carbocycles. The van der Waals surface area contributed by atoms with E-state index in [9.17, 15) is 31.2 Å². The second kappa shape index (κ2) is 10.9. The number of piperidine rings is 1. The SMILES string of the molecule is CS(=O)(=O)NCC1(c2ccc(N3CCC[C@@H](NC(=O)Nc4ccc(C(F)(F)F)nc4)C3=O)cc2)CCCC1. The zero-order valence-electron chi connectivity index (χ0n) is 20.8. The Morgan fingerprint density at radius 1 is 1.11 bits per heavy atom. The molecule has 38 heavy (non-hydrogen) atoms. The molecule has 1 saturated heterocycles. The van der Waals surface area contributed by atoms with Gasteiger partial charge < -0.3 is 15.5 Å². The lowest BCUT2D eigenvalue weighted by molar-refractivity contribution is -0.141. The average Bonchev–Trinajstić information content (AvgIpc) is 3.34. The summed E-state index contributed by atoms with van der Waals surface area (Å²) in [5.74, 6) is -0.293. The number of hydrogen-bond acceptors (Lipinski definition) is 5. The lowest BCUT2D eigenvalue weighted by Crippen LogP contribution is -2.53. The van der Waals surface area contributed by atoms with Gasteiger partial charge in [-0.25, -0.2) is 22.9 Å². The van der Waals surface area contributed by atoms with Crippen molar-refractivity contribution in [2.75, 3.05) is 29.6 Å². The molecular weight excluding hydrogens is 523 g/mol. The molecule has 1 aromatic heterocycles. The Hall–Kier alpha value is -3.19. The minimum absolute atomic E-state index is 0.0670. The van der Waals surface area contributed by atoms with E-state index in [1.54, 1.807) is 4.90 Å². The molecule has 2 heterocycles. The highest BCUT2D eigenvalue weighted by Crippen LogP contribution is 2.41. The molecule has 3 N–H and O–H groups in total. The van der Waals surface area contributed by atoms with Crippen LogP contribution in [-0.2, 0) is 26.4 Å². The van der Waals surface area contributed by atoms with Crippen LogP contribution in [-0.4, -0.2) is 50.7 Å². The van der Waals surface area contributed by atoms with E-state index in [2.05, 4.69) is 20.3 Å². The van der Waals surface area contributed by atoms with Crippen LogP contribution in [0.2, 0.25) is 0 Å². The standard InChI is InChI=1S/C25H30F3N5O4S/c1-38(36,37)30-16-24(12-2-3-13-24)17-6-9-19(10-7-17)33-14-4-5-20(22(33)34)32-23(35)31-18-8-11-21(29-15-18)25(26,27)28/h6-11,15,20,30H,2-5,12-14,16H2,1H3,(H2,31,32,35)/t20-/m1/s1. The van der Waals surface area contributed by atoms with Gasteiger partial charge in [0.2, 0.25) is 15.9 Å². The number of carbonyl (C=O) groups is 2. The molecule has 2 aromatic rings. The second-order valence-electron chi connectivity index (χ2n) is 9.84. The topological polar surface area (TPSA) is 120 Å². The van der Waals surface area contributed by atoms with Gasteiger partial charge in [-0.05, 0) is 55.5 Å².